The summed E-state index contributed by atoms with van der Waals surface area (Å²) in [6.45, 7) is 8.95. The standard InChI is InChI=1S/C12H21BO4/c1-7(2)14-5-12-6-15-9(11(13)17-12)10(12)16-8(3)4/h7-11H,5-6H2,1-4H3/t9-,10?,11+,12-/m0/s1. The first-order valence-electron chi connectivity index (χ1n) is 6.27. The summed E-state index contributed by atoms with van der Waals surface area (Å²) in [5.74, 6) is 0. The Balaban J connectivity index is 2.07. The van der Waals surface area contributed by atoms with Crippen molar-refractivity contribution in [3.8, 4) is 0 Å². The molecule has 2 aliphatic heterocycles. The molecule has 0 aromatic rings. The minimum Gasteiger partial charge on any atom is -0.376 e. The van der Waals surface area contributed by atoms with Gasteiger partial charge >= 0.3 is 0 Å². The van der Waals surface area contributed by atoms with E-state index in [-0.39, 0.29) is 24.4 Å². The Morgan fingerprint density at radius 2 is 2.00 bits per heavy atom. The first kappa shape index (κ1) is 13.3. The molecule has 0 aromatic heterocycles. The minimum atomic E-state index is -0.529. The largest absolute Gasteiger partial charge is 0.376 e. The lowest BCUT2D eigenvalue weighted by atomic mass is 9.91. The molecule has 2 saturated heterocycles. The Morgan fingerprint density at radius 3 is 2.53 bits per heavy atom. The molecule has 0 saturated carbocycles. The third-order valence-corrected chi connectivity index (χ3v) is 3.11. The summed E-state index contributed by atoms with van der Waals surface area (Å²) in [5, 5.41) is 0. The van der Waals surface area contributed by atoms with Gasteiger partial charge in [-0.1, -0.05) is 0 Å². The molecular formula is C12H21BO4. The molecule has 2 rings (SSSR count). The molecule has 0 N–H and O–H groups in total. The summed E-state index contributed by atoms with van der Waals surface area (Å²) in [4.78, 5) is 0. The third kappa shape index (κ3) is 2.52. The van der Waals surface area contributed by atoms with E-state index in [2.05, 4.69) is 0 Å². The van der Waals surface area contributed by atoms with Crippen molar-refractivity contribution >= 4 is 7.85 Å². The normalized spacial score (nSPS) is 40.7. The van der Waals surface area contributed by atoms with E-state index in [1.807, 2.05) is 27.7 Å². The molecule has 4 atom stereocenters. The average Bonchev–Trinajstić information content (AvgIpc) is 2.67. The van der Waals surface area contributed by atoms with Crippen LogP contribution in [0.1, 0.15) is 27.7 Å². The average molecular weight is 240 g/mol. The summed E-state index contributed by atoms with van der Waals surface area (Å²) in [6, 6.07) is -0.414. The maximum atomic E-state index is 5.89. The number of rotatable bonds is 5. The smallest absolute Gasteiger partial charge is 0.143 e. The topological polar surface area (TPSA) is 36.9 Å². The van der Waals surface area contributed by atoms with Gasteiger partial charge in [0.2, 0.25) is 0 Å². The Bertz CT molecular complexity index is 271. The molecule has 2 heterocycles. The molecular weight excluding hydrogens is 219 g/mol. The van der Waals surface area contributed by atoms with Crippen molar-refractivity contribution in [2.75, 3.05) is 13.2 Å². The van der Waals surface area contributed by atoms with Crippen LogP contribution in [0.4, 0.5) is 0 Å². The zero-order valence-electron chi connectivity index (χ0n) is 11.0. The van der Waals surface area contributed by atoms with Gasteiger partial charge in [-0.3, -0.25) is 0 Å². The van der Waals surface area contributed by atoms with Crippen LogP contribution in [0.3, 0.4) is 0 Å². The Morgan fingerprint density at radius 1 is 1.29 bits per heavy atom. The van der Waals surface area contributed by atoms with Crippen molar-refractivity contribution in [1.29, 1.82) is 0 Å². The SMILES string of the molecule is [B][C@@H]1O[C@@]2(COC(C)C)CO[C@H]1C2OC(C)C. The summed E-state index contributed by atoms with van der Waals surface area (Å²) in [5.41, 5.74) is -0.529. The van der Waals surface area contributed by atoms with Gasteiger partial charge in [-0.15, -0.1) is 0 Å². The van der Waals surface area contributed by atoms with Gasteiger partial charge in [-0.05, 0) is 27.7 Å². The van der Waals surface area contributed by atoms with Gasteiger partial charge in [0, 0.05) is 6.00 Å². The number of hydrogen-bond donors (Lipinski definition) is 0. The molecule has 1 unspecified atom stereocenters. The molecule has 2 radical (unpaired) electrons. The predicted octanol–water partition coefficient (Wildman–Crippen LogP) is 0.867. The molecule has 2 bridgehead atoms. The van der Waals surface area contributed by atoms with Crippen molar-refractivity contribution < 1.29 is 18.9 Å². The highest BCUT2D eigenvalue weighted by molar-refractivity contribution is 6.11. The van der Waals surface area contributed by atoms with Crippen LogP contribution in [0.25, 0.3) is 0 Å². The van der Waals surface area contributed by atoms with Crippen molar-refractivity contribution in [1.82, 2.24) is 0 Å². The van der Waals surface area contributed by atoms with Gasteiger partial charge in [0.05, 0.1) is 25.4 Å². The van der Waals surface area contributed by atoms with Crippen LogP contribution in [-0.4, -0.2) is 57.1 Å². The van der Waals surface area contributed by atoms with Crippen LogP contribution in [-0.2, 0) is 18.9 Å². The third-order valence-electron chi connectivity index (χ3n) is 3.11. The fourth-order valence-electron chi connectivity index (χ4n) is 2.37. The summed E-state index contributed by atoms with van der Waals surface area (Å²) in [6.07, 6.45) is -0.0236. The van der Waals surface area contributed by atoms with Crippen LogP contribution >= 0.6 is 0 Å². The molecule has 96 valence electrons. The second-order valence-electron chi connectivity index (χ2n) is 5.39. The van der Waals surface area contributed by atoms with Crippen molar-refractivity contribution in [3.05, 3.63) is 0 Å². The molecule has 0 aliphatic carbocycles. The summed E-state index contributed by atoms with van der Waals surface area (Å²) in [7, 11) is 5.89. The van der Waals surface area contributed by atoms with Gasteiger partial charge in [0.15, 0.2) is 0 Å². The number of fused-ring (bicyclic) bond motifs is 2. The quantitative estimate of drug-likeness (QED) is 0.668. The summed E-state index contributed by atoms with van der Waals surface area (Å²) >= 11 is 0. The fourth-order valence-corrected chi connectivity index (χ4v) is 2.37. The molecule has 2 aliphatic rings. The van der Waals surface area contributed by atoms with Crippen molar-refractivity contribution in [2.24, 2.45) is 0 Å². The number of ether oxygens (including phenoxy) is 4. The van der Waals surface area contributed by atoms with Crippen LogP contribution in [0, 0.1) is 0 Å². The van der Waals surface area contributed by atoms with E-state index >= 15 is 0 Å². The molecule has 0 spiro atoms. The summed E-state index contributed by atoms with van der Waals surface area (Å²) < 4.78 is 23.0. The highest BCUT2D eigenvalue weighted by Crippen LogP contribution is 2.41. The van der Waals surface area contributed by atoms with Crippen LogP contribution in [0.15, 0.2) is 0 Å². The van der Waals surface area contributed by atoms with Gasteiger partial charge in [0.25, 0.3) is 0 Å². The van der Waals surface area contributed by atoms with Gasteiger partial charge in [0.1, 0.15) is 25.7 Å². The van der Waals surface area contributed by atoms with E-state index in [0.717, 1.165) is 0 Å². The molecule has 0 amide bonds. The van der Waals surface area contributed by atoms with E-state index in [4.69, 9.17) is 26.8 Å². The zero-order valence-corrected chi connectivity index (χ0v) is 11.0. The lowest BCUT2D eigenvalue weighted by Crippen LogP contribution is -2.47. The van der Waals surface area contributed by atoms with Gasteiger partial charge in [-0.2, -0.15) is 0 Å². The van der Waals surface area contributed by atoms with Crippen LogP contribution in [0.2, 0.25) is 0 Å². The van der Waals surface area contributed by atoms with Gasteiger partial charge < -0.3 is 18.9 Å². The van der Waals surface area contributed by atoms with E-state index in [1.165, 1.54) is 0 Å². The lowest BCUT2D eigenvalue weighted by Gasteiger charge is -2.31. The zero-order chi connectivity index (χ0) is 12.6. The Labute approximate surface area is 104 Å². The van der Waals surface area contributed by atoms with Crippen molar-refractivity contribution in [2.45, 2.75) is 63.7 Å². The first-order valence-corrected chi connectivity index (χ1v) is 6.27. The van der Waals surface area contributed by atoms with E-state index in [0.29, 0.717) is 13.2 Å². The Hall–Kier alpha value is -0.0951. The second-order valence-corrected chi connectivity index (χ2v) is 5.39. The molecule has 0 aromatic carbocycles. The fraction of sp³-hybridized carbons (Fsp3) is 1.00. The monoisotopic (exact) mass is 240 g/mol. The molecule has 2 fully saturated rings. The van der Waals surface area contributed by atoms with Crippen LogP contribution in [0.5, 0.6) is 0 Å². The van der Waals surface area contributed by atoms with Crippen LogP contribution < -0.4 is 0 Å². The van der Waals surface area contributed by atoms with E-state index in [1.54, 1.807) is 0 Å². The maximum absolute atomic E-state index is 5.89. The van der Waals surface area contributed by atoms with Crippen molar-refractivity contribution in [3.63, 3.8) is 0 Å². The van der Waals surface area contributed by atoms with E-state index < -0.39 is 11.6 Å². The number of hydrogen-bond acceptors (Lipinski definition) is 4. The maximum Gasteiger partial charge on any atom is 0.143 e. The highest BCUT2D eigenvalue weighted by atomic mass is 16.7. The Kier molecular flexibility index (Phi) is 3.83. The van der Waals surface area contributed by atoms with Gasteiger partial charge in [-0.25, -0.2) is 0 Å². The lowest BCUT2D eigenvalue weighted by molar-refractivity contribution is -0.161. The molecule has 4 nitrogen and oxygen atoms in total. The second kappa shape index (κ2) is 4.88. The molecule has 17 heavy (non-hydrogen) atoms. The minimum absolute atomic E-state index is 0.122. The van der Waals surface area contributed by atoms with E-state index in [9.17, 15) is 0 Å². The first-order chi connectivity index (χ1) is 7.94. The predicted molar refractivity (Wildman–Crippen MR) is 64.2 cm³/mol. The highest BCUT2D eigenvalue weighted by Gasteiger charge is 2.61. The molecule has 5 heteroatoms.